The predicted molar refractivity (Wildman–Crippen MR) is 98.4 cm³/mol. The molecule has 2 aliphatic heterocycles. The lowest BCUT2D eigenvalue weighted by molar-refractivity contribution is -0.125. The minimum atomic E-state index is -0.0116. The molecule has 1 aromatic rings. The van der Waals surface area contributed by atoms with Crippen molar-refractivity contribution >= 4 is 5.91 Å². The number of amides is 1. The Bertz CT molecular complexity index is 548. The highest BCUT2D eigenvalue weighted by atomic mass is 16.2. The third-order valence-electron chi connectivity index (χ3n) is 5.63. The van der Waals surface area contributed by atoms with Gasteiger partial charge in [-0.3, -0.25) is 9.69 Å². The number of fused-ring (bicyclic) bond motifs is 1. The molecule has 0 spiro atoms. The van der Waals surface area contributed by atoms with Crippen LogP contribution in [0, 0.1) is 0 Å². The molecular weight excluding hydrogens is 314 g/mol. The molecule has 2 aliphatic rings. The van der Waals surface area contributed by atoms with Crippen LogP contribution in [0.15, 0.2) is 0 Å². The Hall–Kier alpha value is -1.43. The molecule has 0 saturated carbocycles. The van der Waals surface area contributed by atoms with Crippen molar-refractivity contribution in [1.29, 1.82) is 0 Å². The van der Waals surface area contributed by atoms with E-state index in [2.05, 4.69) is 25.0 Å². The van der Waals surface area contributed by atoms with Crippen LogP contribution < -0.4 is 5.32 Å². The first-order valence-electron chi connectivity index (χ1n) is 10.2. The van der Waals surface area contributed by atoms with Gasteiger partial charge in [-0.05, 0) is 52.1 Å². The van der Waals surface area contributed by atoms with E-state index in [-0.39, 0.29) is 11.9 Å². The Labute approximate surface area is 151 Å². The summed E-state index contributed by atoms with van der Waals surface area (Å²) in [4.78, 5) is 14.7. The maximum atomic E-state index is 12.4. The van der Waals surface area contributed by atoms with Gasteiger partial charge in [0.15, 0.2) is 0 Å². The van der Waals surface area contributed by atoms with Crippen molar-refractivity contribution in [1.82, 2.24) is 25.0 Å². The Balaban J connectivity index is 1.40. The second kappa shape index (κ2) is 9.32. The molecule has 1 amide bonds. The van der Waals surface area contributed by atoms with Crippen LogP contribution in [0.25, 0.3) is 0 Å². The van der Waals surface area contributed by atoms with Crippen molar-refractivity contribution < 1.29 is 4.79 Å². The third-order valence-corrected chi connectivity index (χ3v) is 5.63. The van der Waals surface area contributed by atoms with Gasteiger partial charge in [0.2, 0.25) is 5.91 Å². The molecule has 6 nitrogen and oxygen atoms in total. The monoisotopic (exact) mass is 347 g/mol. The number of hydrogen-bond acceptors (Lipinski definition) is 4. The molecule has 0 bridgehead atoms. The minimum Gasteiger partial charge on any atom is -0.355 e. The smallest absolute Gasteiger partial charge is 0.237 e. The molecule has 1 aromatic heterocycles. The van der Waals surface area contributed by atoms with Crippen LogP contribution in [0.3, 0.4) is 0 Å². The van der Waals surface area contributed by atoms with Crippen LogP contribution in [-0.2, 0) is 24.2 Å². The number of aryl methyl sites for hydroxylation is 2. The maximum absolute atomic E-state index is 12.4. The molecule has 1 atom stereocenters. The fourth-order valence-electron chi connectivity index (χ4n) is 3.98. The average molecular weight is 348 g/mol. The number of nitrogens with one attached hydrogen (secondary N) is 1. The summed E-state index contributed by atoms with van der Waals surface area (Å²) in [7, 11) is 0. The van der Waals surface area contributed by atoms with E-state index in [4.69, 9.17) is 0 Å². The highest BCUT2D eigenvalue weighted by Gasteiger charge is 2.21. The van der Waals surface area contributed by atoms with Gasteiger partial charge in [-0.1, -0.05) is 19.3 Å². The zero-order chi connectivity index (χ0) is 17.5. The van der Waals surface area contributed by atoms with E-state index in [0.29, 0.717) is 0 Å². The Morgan fingerprint density at radius 2 is 1.76 bits per heavy atom. The molecule has 0 aliphatic carbocycles. The van der Waals surface area contributed by atoms with E-state index in [1.54, 1.807) is 0 Å². The molecule has 3 rings (SSSR count). The zero-order valence-electron chi connectivity index (χ0n) is 15.7. The van der Waals surface area contributed by atoms with Crippen molar-refractivity contribution in [2.24, 2.45) is 0 Å². The number of nitrogens with zero attached hydrogens (tertiary/aromatic N) is 4. The molecule has 140 valence electrons. The summed E-state index contributed by atoms with van der Waals surface area (Å²) in [5, 5.41) is 11.8. The lowest BCUT2D eigenvalue weighted by atomic mass is 10.2. The van der Waals surface area contributed by atoms with Crippen LogP contribution >= 0.6 is 0 Å². The minimum absolute atomic E-state index is 0.0116. The summed E-state index contributed by atoms with van der Waals surface area (Å²) in [5.74, 6) is 2.40. The number of aromatic nitrogens is 3. The molecule has 0 unspecified atom stereocenters. The number of carbonyl (C=O) groups excluding carboxylic acids is 1. The second-order valence-electron chi connectivity index (χ2n) is 7.52. The Morgan fingerprint density at radius 3 is 2.56 bits per heavy atom. The van der Waals surface area contributed by atoms with Gasteiger partial charge < -0.3 is 9.88 Å². The topological polar surface area (TPSA) is 63.1 Å². The van der Waals surface area contributed by atoms with Gasteiger partial charge in [-0.2, -0.15) is 0 Å². The van der Waals surface area contributed by atoms with Gasteiger partial charge >= 0.3 is 0 Å². The summed E-state index contributed by atoms with van der Waals surface area (Å²) in [6.07, 6.45) is 11.6. The average Bonchev–Trinajstić information content (AvgIpc) is 2.84. The van der Waals surface area contributed by atoms with Crippen molar-refractivity contribution in [3.05, 3.63) is 11.6 Å². The van der Waals surface area contributed by atoms with Crippen LogP contribution in [0.1, 0.15) is 69.9 Å². The highest BCUT2D eigenvalue weighted by Crippen LogP contribution is 2.15. The number of carbonyl (C=O) groups is 1. The lowest BCUT2D eigenvalue weighted by Gasteiger charge is -2.26. The second-order valence-corrected chi connectivity index (χ2v) is 7.52. The van der Waals surface area contributed by atoms with Crippen LogP contribution in [0.5, 0.6) is 0 Å². The Morgan fingerprint density at radius 1 is 1.04 bits per heavy atom. The first-order valence-corrected chi connectivity index (χ1v) is 10.2. The third kappa shape index (κ3) is 5.03. The molecular formula is C19H33N5O. The van der Waals surface area contributed by atoms with E-state index in [1.807, 2.05) is 6.92 Å². The fraction of sp³-hybridized carbons (Fsp3) is 0.842. The molecule has 1 fully saturated rings. The maximum Gasteiger partial charge on any atom is 0.237 e. The summed E-state index contributed by atoms with van der Waals surface area (Å²) in [5.41, 5.74) is 0. The molecule has 1 N–H and O–H groups in total. The summed E-state index contributed by atoms with van der Waals surface area (Å²) < 4.78 is 2.30. The molecule has 6 heteroatoms. The normalized spacial score (nSPS) is 20.4. The van der Waals surface area contributed by atoms with Crippen molar-refractivity contribution in [3.63, 3.8) is 0 Å². The van der Waals surface area contributed by atoms with Gasteiger partial charge in [0.1, 0.15) is 11.6 Å². The molecule has 3 heterocycles. The van der Waals surface area contributed by atoms with Gasteiger partial charge in [-0.25, -0.2) is 0 Å². The summed E-state index contributed by atoms with van der Waals surface area (Å²) >= 11 is 0. The van der Waals surface area contributed by atoms with Gasteiger partial charge in [0, 0.05) is 25.9 Å². The number of rotatable bonds is 6. The zero-order valence-corrected chi connectivity index (χ0v) is 15.7. The summed E-state index contributed by atoms with van der Waals surface area (Å²) in [6.45, 7) is 5.93. The van der Waals surface area contributed by atoms with Crippen LogP contribution in [-0.4, -0.2) is 51.2 Å². The number of hydrogen-bond donors (Lipinski definition) is 1. The molecule has 0 radical (unpaired) electrons. The summed E-state index contributed by atoms with van der Waals surface area (Å²) in [6, 6.07) is -0.0116. The van der Waals surface area contributed by atoms with E-state index < -0.39 is 0 Å². The van der Waals surface area contributed by atoms with E-state index in [0.717, 1.165) is 57.1 Å². The van der Waals surface area contributed by atoms with Gasteiger partial charge in [0.05, 0.1) is 6.04 Å². The molecule has 1 saturated heterocycles. The predicted octanol–water partition coefficient (Wildman–Crippen LogP) is 2.32. The van der Waals surface area contributed by atoms with E-state index in [9.17, 15) is 4.79 Å². The van der Waals surface area contributed by atoms with Crippen LogP contribution in [0.4, 0.5) is 0 Å². The van der Waals surface area contributed by atoms with E-state index >= 15 is 0 Å². The first kappa shape index (κ1) is 18.4. The molecule has 0 aromatic carbocycles. The molecule has 25 heavy (non-hydrogen) atoms. The quantitative estimate of drug-likeness (QED) is 0.802. The van der Waals surface area contributed by atoms with E-state index in [1.165, 1.54) is 44.9 Å². The first-order chi connectivity index (χ1) is 12.3. The fourth-order valence-corrected chi connectivity index (χ4v) is 3.98. The van der Waals surface area contributed by atoms with Crippen molar-refractivity contribution in [2.45, 2.75) is 83.7 Å². The lowest BCUT2D eigenvalue weighted by Crippen LogP contribution is -2.45. The van der Waals surface area contributed by atoms with Crippen LogP contribution in [0.2, 0.25) is 0 Å². The highest BCUT2D eigenvalue weighted by molar-refractivity contribution is 5.81. The number of likely N-dealkylation sites (tertiary alicyclic amines) is 1. The Kier molecular flexibility index (Phi) is 6.84. The van der Waals surface area contributed by atoms with Crippen molar-refractivity contribution in [3.8, 4) is 0 Å². The largest absolute Gasteiger partial charge is 0.355 e. The van der Waals surface area contributed by atoms with Crippen molar-refractivity contribution in [2.75, 3.05) is 19.6 Å². The SMILES string of the molecule is C[C@H](C(=O)NCCCc1nnc2n1CCCCC2)N1CCCCCC1. The van der Waals surface area contributed by atoms with Gasteiger partial charge in [0.25, 0.3) is 0 Å². The van der Waals surface area contributed by atoms with Gasteiger partial charge in [-0.15, -0.1) is 10.2 Å². The standard InChI is InChI=1S/C19H33N5O/c1-16(23-13-6-2-3-7-14-23)19(25)20-12-9-11-18-22-21-17-10-5-4-8-15-24(17)18/h16H,2-15H2,1H3,(H,20,25)/t16-/m1/s1.